The van der Waals surface area contributed by atoms with E-state index in [1.807, 2.05) is 29.1 Å². The molecular weight excluding hydrogens is 631 g/mol. The number of carbonyl (C=O) groups is 1. The summed E-state index contributed by atoms with van der Waals surface area (Å²) in [5.74, 6) is 1.25. The first-order chi connectivity index (χ1) is 23.6. The predicted octanol–water partition coefficient (Wildman–Crippen LogP) is 7.22. The number of hydrogen-bond donors (Lipinski definition) is 0. The lowest BCUT2D eigenvalue weighted by atomic mass is 9.71. The number of aryl methyl sites for hydroxylation is 2. The lowest BCUT2D eigenvalue weighted by Gasteiger charge is -2.33. The Kier molecular flexibility index (Phi) is 10.4. The van der Waals surface area contributed by atoms with Crippen LogP contribution in [-0.4, -0.2) is 71.3 Å². The minimum atomic E-state index is -3.22. The quantitative estimate of drug-likeness (QED) is 0.166. The Hall–Kier alpha value is -3.82. The zero-order valence-electron chi connectivity index (χ0n) is 29.7. The van der Waals surface area contributed by atoms with Crippen molar-refractivity contribution in [3.63, 3.8) is 0 Å². The highest BCUT2D eigenvalue weighted by molar-refractivity contribution is 7.90. The summed E-state index contributed by atoms with van der Waals surface area (Å²) in [6.45, 7) is 12.8. The molecule has 6 rings (SSSR count). The molecule has 8 nitrogen and oxygen atoms in total. The summed E-state index contributed by atoms with van der Waals surface area (Å²) in [7, 11) is -3.22. The highest BCUT2D eigenvalue weighted by atomic mass is 32.2. The molecule has 0 radical (unpaired) electrons. The summed E-state index contributed by atoms with van der Waals surface area (Å²) in [5, 5.41) is 4.84. The monoisotopic (exact) mass is 681 g/mol. The molecule has 2 aromatic carbocycles. The molecule has 49 heavy (non-hydrogen) atoms. The maximum Gasteiger partial charge on any atom is 0.257 e. The molecule has 1 atom stereocenters. The van der Waals surface area contributed by atoms with Gasteiger partial charge < -0.3 is 4.90 Å². The van der Waals surface area contributed by atoms with E-state index in [-0.39, 0.29) is 23.2 Å². The zero-order valence-corrected chi connectivity index (χ0v) is 30.5. The summed E-state index contributed by atoms with van der Waals surface area (Å²) in [4.78, 5) is 24.3. The van der Waals surface area contributed by atoms with Crippen LogP contribution in [0, 0.1) is 5.41 Å². The van der Waals surface area contributed by atoms with Gasteiger partial charge in [-0.25, -0.2) is 18.1 Å². The smallest absolute Gasteiger partial charge is 0.257 e. The van der Waals surface area contributed by atoms with Crippen LogP contribution < -0.4 is 0 Å². The first kappa shape index (κ1) is 35.0. The summed E-state index contributed by atoms with van der Waals surface area (Å²) in [5.41, 5.74) is 6.61. The van der Waals surface area contributed by atoms with Gasteiger partial charge in [0.1, 0.15) is 0 Å². The fourth-order valence-electron chi connectivity index (χ4n) is 8.02. The third-order valence-corrected chi connectivity index (χ3v) is 12.5. The zero-order chi connectivity index (χ0) is 34.8. The van der Waals surface area contributed by atoms with E-state index < -0.39 is 9.84 Å². The number of likely N-dealkylation sites (tertiary alicyclic amines) is 2. The van der Waals surface area contributed by atoms with Gasteiger partial charge in [-0.1, -0.05) is 70.2 Å². The van der Waals surface area contributed by atoms with Crippen LogP contribution in [0.25, 0.3) is 5.82 Å². The first-order valence-electron chi connectivity index (χ1n) is 18.0. The number of rotatable bonds is 11. The molecule has 0 aliphatic carbocycles. The second-order valence-corrected chi connectivity index (χ2v) is 16.1. The van der Waals surface area contributed by atoms with Gasteiger partial charge in [0.2, 0.25) is 0 Å². The Balaban J connectivity index is 1.27. The summed E-state index contributed by atoms with van der Waals surface area (Å²) in [6, 6.07) is 20.4. The van der Waals surface area contributed by atoms with E-state index in [2.05, 4.69) is 67.8 Å². The summed E-state index contributed by atoms with van der Waals surface area (Å²) >= 11 is 0. The molecule has 1 unspecified atom stereocenters. The van der Waals surface area contributed by atoms with Crippen molar-refractivity contribution >= 4 is 15.7 Å². The van der Waals surface area contributed by atoms with E-state index in [1.165, 1.54) is 17.4 Å². The van der Waals surface area contributed by atoms with Crippen molar-refractivity contribution in [2.75, 3.05) is 32.4 Å². The van der Waals surface area contributed by atoms with E-state index >= 15 is 0 Å². The van der Waals surface area contributed by atoms with Gasteiger partial charge in [-0.15, -0.1) is 0 Å². The molecule has 260 valence electrons. The Labute approximate surface area is 292 Å². The molecule has 0 spiro atoms. The fourth-order valence-corrected chi connectivity index (χ4v) is 8.65. The minimum absolute atomic E-state index is 0.0297. The second kappa shape index (κ2) is 14.6. The molecule has 0 bridgehead atoms. The van der Waals surface area contributed by atoms with Crippen molar-refractivity contribution in [1.82, 2.24) is 24.6 Å². The average molecular weight is 682 g/mol. The lowest BCUT2D eigenvalue weighted by Crippen LogP contribution is -2.35. The van der Waals surface area contributed by atoms with Crippen LogP contribution >= 0.6 is 0 Å². The summed E-state index contributed by atoms with van der Waals surface area (Å²) < 4.78 is 25.8. The van der Waals surface area contributed by atoms with Crippen molar-refractivity contribution in [3.8, 4) is 5.82 Å². The molecule has 2 aliphatic rings. The maximum atomic E-state index is 14.7. The first-order valence-corrected chi connectivity index (χ1v) is 19.9. The number of amides is 1. The Morgan fingerprint density at radius 1 is 0.837 bits per heavy atom. The van der Waals surface area contributed by atoms with Crippen LogP contribution in [0.4, 0.5) is 0 Å². The molecule has 2 fully saturated rings. The number of piperidine rings is 1. The molecule has 2 aromatic heterocycles. The number of nitrogens with zero attached hydrogens (tertiary/aromatic N) is 5. The van der Waals surface area contributed by atoms with E-state index in [9.17, 15) is 13.2 Å². The van der Waals surface area contributed by atoms with Crippen molar-refractivity contribution in [2.45, 2.75) is 89.5 Å². The van der Waals surface area contributed by atoms with Gasteiger partial charge in [-0.05, 0) is 97.5 Å². The Bertz CT molecular complexity index is 1840. The Morgan fingerprint density at radius 2 is 1.47 bits per heavy atom. The van der Waals surface area contributed by atoms with Gasteiger partial charge in [0, 0.05) is 43.9 Å². The molecule has 2 aliphatic heterocycles. The van der Waals surface area contributed by atoms with Crippen molar-refractivity contribution in [1.29, 1.82) is 0 Å². The third-order valence-electron chi connectivity index (χ3n) is 11.3. The van der Waals surface area contributed by atoms with E-state index in [0.717, 1.165) is 87.3 Å². The van der Waals surface area contributed by atoms with Crippen LogP contribution in [0.5, 0.6) is 0 Å². The Morgan fingerprint density at radius 3 is 2.04 bits per heavy atom. The third kappa shape index (κ3) is 7.24. The summed E-state index contributed by atoms with van der Waals surface area (Å²) in [6.07, 6.45) is 10.7. The molecule has 4 heterocycles. The SMILES string of the molecule is CCc1ccc(C2CN(C(=O)c3cnn(-c4ccc(CC)cn4)c3C3CCN(Cc4ccc(S(C)(=O)=O)cc4)CC3)CC2(CC)CC)cc1. The van der Waals surface area contributed by atoms with Gasteiger partial charge in [0.25, 0.3) is 5.91 Å². The number of benzene rings is 2. The second-order valence-electron chi connectivity index (χ2n) is 14.1. The number of sulfone groups is 1. The number of aromatic nitrogens is 3. The highest BCUT2D eigenvalue weighted by Crippen LogP contribution is 2.48. The molecule has 4 aromatic rings. The van der Waals surface area contributed by atoms with Crippen LogP contribution in [-0.2, 0) is 29.2 Å². The molecule has 0 N–H and O–H groups in total. The standard InChI is InChI=1S/C40H51N5O3S/c1-6-29-10-15-32(16-11-29)36-27-44(28-40(36,8-3)9-4)39(46)35-25-42-45(37-19-14-30(7-2)24-41-37)38(35)33-20-22-43(23-21-33)26-31-12-17-34(18-13-31)49(5,47)48/h10-19,24-25,33,36H,6-9,20-23,26-28H2,1-5H3. The van der Waals surface area contributed by atoms with E-state index in [4.69, 9.17) is 10.1 Å². The largest absolute Gasteiger partial charge is 0.337 e. The van der Waals surface area contributed by atoms with Crippen LogP contribution in [0.3, 0.4) is 0 Å². The maximum absolute atomic E-state index is 14.7. The minimum Gasteiger partial charge on any atom is -0.337 e. The van der Waals surface area contributed by atoms with Crippen LogP contribution in [0.2, 0.25) is 0 Å². The predicted molar refractivity (Wildman–Crippen MR) is 195 cm³/mol. The van der Waals surface area contributed by atoms with Gasteiger partial charge in [0.05, 0.1) is 22.3 Å². The normalized spacial score (nSPS) is 18.6. The van der Waals surface area contributed by atoms with Crippen LogP contribution in [0.1, 0.15) is 104 Å². The molecule has 0 saturated carbocycles. The van der Waals surface area contributed by atoms with Crippen molar-refractivity contribution in [3.05, 3.63) is 107 Å². The highest BCUT2D eigenvalue weighted by Gasteiger charge is 2.47. The number of carbonyl (C=O) groups excluding carboxylic acids is 1. The average Bonchev–Trinajstić information content (AvgIpc) is 3.75. The molecule has 2 saturated heterocycles. The molecule has 9 heteroatoms. The number of hydrogen-bond acceptors (Lipinski definition) is 6. The molecule has 1 amide bonds. The van der Waals surface area contributed by atoms with Crippen molar-refractivity contribution < 1.29 is 13.2 Å². The van der Waals surface area contributed by atoms with Crippen LogP contribution in [0.15, 0.2) is 78.0 Å². The van der Waals surface area contributed by atoms with Gasteiger partial charge in [-0.3, -0.25) is 9.69 Å². The van der Waals surface area contributed by atoms with Gasteiger partial charge in [-0.2, -0.15) is 5.10 Å². The number of pyridine rings is 1. The molecular formula is C40H51N5O3S. The fraction of sp³-hybridized carbons (Fsp3) is 0.475. The van der Waals surface area contributed by atoms with Gasteiger partial charge in [0.15, 0.2) is 15.7 Å². The topological polar surface area (TPSA) is 88.4 Å². The van der Waals surface area contributed by atoms with E-state index in [0.29, 0.717) is 17.0 Å². The van der Waals surface area contributed by atoms with Crippen molar-refractivity contribution in [2.24, 2.45) is 5.41 Å². The lowest BCUT2D eigenvalue weighted by molar-refractivity contribution is 0.0767. The van der Waals surface area contributed by atoms with E-state index in [1.54, 1.807) is 18.3 Å². The van der Waals surface area contributed by atoms with Gasteiger partial charge >= 0.3 is 0 Å².